The summed E-state index contributed by atoms with van der Waals surface area (Å²) in [7, 11) is 0. The van der Waals surface area contributed by atoms with Crippen molar-refractivity contribution in [2.24, 2.45) is 0 Å². The van der Waals surface area contributed by atoms with Gasteiger partial charge in [-0.15, -0.1) is 0 Å². The van der Waals surface area contributed by atoms with E-state index in [1.54, 1.807) is 0 Å². The van der Waals surface area contributed by atoms with Crippen molar-refractivity contribution in [3.8, 4) is 0 Å². The molecule has 0 fully saturated rings. The van der Waals surface area contributed by atoms with Crippen LogP contribution in [0.4, 0.5) is 5.69 Å². The summed E-state index contributed by atoms with van der Waals surface area (Å²) in [6, 6.07) is 15.4. The number of nitrogen functional groups attached to an aromatic ring is 1. The maximum absolute atomic E-state index is 5.89. The molecule has 0 radical (unpaired) electrons. The van der Waals surface area contributed by atoms with Crippen LogP contribution in [-0.2, 0) is 18.0 Å². The van der Waals surface area contributed by atoms with E-state index in [0.717, 1.165) is 21.8 Å². The Bertz CT molecular complexity index is 499. The highest BCUT2D eigenvalue weighted by atomic mass is 35.5. The molecule has 0 bridgehead atoms. The first-order chi connectivity index (χ1) is 8.25. The third kappa shape index (κ3) is 3.48. The van der Waals surface area contributed by atoms with Gasteiger partial charge in [-0.05, 0) is 23.8 Å². The molecule has 0 heterocycles. The van der Waals surface area contributed by atoms with Gasteiger partial charge in [0.05, 0.1) is 13.2 Å². The van der Waals surface area contributed by atoms with Crippen molar-refractivity contribution in [3.05, 3.63) is 64.7 Å². The van der Waals surface area contributed by atoms with Gasteiger partial charge >= 0.3 is 0 Å². The van der Waals surface area contributed by atoms with Gasteiger partial charge in [0.1, 0.15) is 0 Å². The van der Waals surface area contributed by atoms with Gasteiger partial charge in [-0.3, -0.25) is 0 Å². The van der Waals surface area contributed by atoms with E-state index in [-0.39, 0.29) is 0 Å². The number of benzene rings is 2. The molecule has 0 saturated heterocycles. The van der Waals surface area contributed by atoms with Crippen molar-refractivity contribution >= 4 is 17.3 Å². The number of nitrogens with two attached hydrogens (primary N) is 1. The molecule has 88 valence electrons. The lowest BCUT2D eigenvalue weighted by Gasteiger charge is -2.07. The normalized spacial score (nSPS) is 10.4. The van der Waals surface area contributed by atoms with Crippen molar-refractivity contribution in [2.75, 3.05) is 5.73 Å². The van der Waals surface area contributed by atoms with E-state index in [1.165, 1.54) is 0 Å². The molecule has 0 unspecified atom stereocenters. The molecule has 0 aliphatic carbocycles. The maximum Gasteiger partial charge on any atom is 0.0741 e. The van der Waals surface area contributed by atoms with Gasteiger partial charge < -0.3 is 10.5 Å². The zero-order valence-corrected chi connectivity index (χ0v) is 10.2. The van der Waals surface area contributed by atoms with Crippen molar-refractivity contribution in [1.82, 2.24) is 0 Å². The zero-order chi connectivity index (χ0) is 12.1. The Morgan fingerprint density at radius 1 is 1.00 bits per heavy atom. The average Bonchev–Trinajstić information content (AvgIpc) is 2.32. The Morgan fingerprint density at radius 3 is 2.59 bits per heavy atom. The van der Waals surface area contributed by atoms with Crippen LogP contribution in [0.2, 0.25) is 5.02 Å². The average molecular weight is 248 g/mol. The van der Waals surface area contributed by atoms with Crippen LogP contribution < -0.4 is 5.73 Å². The van der Waals surface area contributed by atoms with E-state index >= 15 is 0 Å². The number of rotatable bonds is 4. The standard InChI is InChI=1S/C14H14ClNO/c15-13-6-3-4-11(8-13)9-17-10-12-5-1-2-7-14(12)16/h1-8H,9-10,16H2. The largest absolute Gasteiger partial charge is 0.398 e. The summed E-state index contributed by atoms with van der Waals surface area (Å²) in [5.41, 5.74) is 8.66. The number of ether oxygens (including phenoxy) is 1. The van der Waals surface area contributed by atoms with E-state index in [0.29, 0.717) is 13.2 Å². The van der Waals surface area contributed by atoms with Crippen molar-refractivity contribution in [3.63, 3.8) is 0 Å². The van der Waals surface area contributed by atoms with E-state index in [4.69, 9.17) is 22.1 Å². The molecule has 0 atom stereocenters. The number of hydrogen-bond donors (Lipinski definition) is 1. The fourth-order valence-electron chi connectivity index (χ4n) is 1.57. The molecule has 17 heavy (non-hydrogen) atoms. The molecule has 3 heteroatoms. The van der Waals surface area contributed by atoms with E-state index < -0.39 is 0 Å². The van der Waals surface area contributed by atoms with E-state index in [2.05, 4.69) is 0 Å². The van der Waals surface area contributed by atoms with Crippen LogP contribution in [0.15, 0.2) is 48.5 Å². The van der Waals surface area contributed by atoms with Crippen LogP contribution in [0.25, 0.3) is 0 Å². The molecule has 2 rings (SSSR count). The first-order valence-corrected chi connectivity index (χ1v) is 5.79. The monoisotopic (exact) mass is 247 g/mol. The smallest absolute Gasteiger partial charge is 0.0741 e. The molecule has 2 aromatic rings. The topological polar surface area (TPSA) is 35.2 Å². The second-order valence-corrected chi connectivity index (χ2v) is 4.26. The lowest BCUT2D eigenvalue weighted by Crippen LogP contribution is -1.98. The van der Waals surface area contributed by atoms with Gasteiger partial charge in [-0.25, -0.2) is 0 Å². The van der Waals surface area contributed by atoms with Gasteiger partial charge in [0.2, 0.25) is 0 Å². The van der Waals surface area contributed by atoms with Crippen LogP contribution in [0, 0.1) is 0 Å². The third-order valence-electron chi connectivity index (χ3n) is 2.47. The van der Waals surface area contributed by atoms with Crippen LogP contribution >= 0.6 is 11.6 Å². The summed E-state index contributed by atoms with van der Waals surface area (Å²) in [4.78, 5) is 0. The molecule has 2 N–H and O–H groups in total. The van der Waals surface area contributed by atoms with Crippen LogP contribution in [0.3, 0.4) is 0 Å². The fraction of sp³-hybridized carbons (Fsp3) is 0.143. The van der Waals surface area contributed by atoms with Gasteiger partial charge in [-0.2, -0.15) is 0 Å². The van der Waals surface area contributed by atoms with Crippen LogP contribution in [0.5, 0.6) is 0 Å². The van der Waals surface area contributed by atoms with Crippen molar-refractivity contribution in [1.29, 1.82) is 0 Å². The predicted molar refractivity (Wildman–Crippen MR) is 70.8 cm³/mol. The number of para-hydroxylation sites is 1. The SMILES string of the molecule is Nc1ccccc1COCc1cccc(Cl)c1. The minimum Gasteiger partial charge on any atom is -0.398 e. The number of halogens is 1. The molecule has 0 aromatic heterocycles. The lowest BCUT2D eigenvalue weighted by molar-refractivity contribution is 0.107. The quantitative estimate of drug-likeness (QED) is 0.838. The summed E-state index contributed by atoms with van der Waals surface area (Å²) in [5.74, 6) is 0. The molecule has 0 spiro atoms. The Labute approximate surface area is 106 Å². The number of hydrogen-bond acceptors (Lipinski definition) is 2. The van der Waals surface area contributed by atoms with Gasteiger partial charge in [-0.1, -0.05) is 41.9 Å². The van der Waals surface area contributed by atoms with Gasteiger partial charge in [0.15, 0.2) is 0 Å². The molecule has 2 aromatic carbocycles. The Kier molecular flexibility index (Phi) is 4.02. The first kappa shape index (κ1) is 12.0. The Morgan fingerprint density at radius 2 is 1.82 bits per heavy atom. The summed E-state index contributed by atoms with van der Waals surface area (Å²) in [6.07, 6.45) is 0. The third-order valence-corrected chi connectivity index (χ3v) is 2.71. The second kappa shape index (κ2) is 5.71. The van der Waals surface area contributed by atoms with Gasteiger partial charge in [0.25, 0.3) is 0 Å². The molecule has 0 aliphatic heterocycles. The Balaban J connectivity index is 1.90. The zero-order valence-electron chi connectivity index (χ0n) is 9.40. The highest BCUT2D eigenvalue weighted by Gasteiger charge is 1.99. The highest BCUT2D eigenvalue weighted by molar-refractivity contribution is 6.30. The molecular weight excluding hydrogens is 234 g/mol. The summed E-state index contributed by atoms with van der Waals surface area (Å²) >= 11 is 5.89. The first-order valence-electron chi connectivity index (χ1n) is 5.41. The van der Waals surface area contributed by atoms with Crippen molar-refractivity contribution in [2.45, 2.75) is 13.2 Å². The Hall–Kier alpha value is -1.51. The molecule has 0 aliphatic rings. The lowest BCUT2D eigenvalue weighted by atomic mass is 10.2. The molecule has 0 amide bonds. The minimum atomic E-state index is 0.513. The van der Waals surface area contributed by atoms with Gasteiger partial charge in [0, 0.05) is 16.3 Å². The summed E-state index contributed by atoms with van der Waals surface area (Å²) in [6.45, 7) is 1.05. The molecular formula is C14H14ClNO. The summed E-state index contributed by atoms with van der Waals surface area (Å²) in [5, 5.41) is 0.727. The highest BCUT2D eigenvalue weighted by Crippen LogP contribution is 2.14. The summed E-state index contributed by atoms with van der Waals surface area (Å²) < 4.78 is 5.60. The molecule has 0 saturated carbocycles. The van der Waals surface area contributed by atoms with Crippen LogP contribution in [0.1, 0.15) is 11.1 Å². The molecule has 2 nitrogen and oxygen atoms in total. The number of anilines is 1. The van der Waals surface area contributed by atoms with E-state index in [9.17, 15) is 0 Å². The second-order valence-electron chi connectivity index (χ2n) is 3.82. The van der Waals surface area contributed by atoms with Crippen LogP contribution in [-0.4, -0.2) is 0 Å². The van der Waals surface area contributed by atoms with Crippen molar-refractivity contribution < 1.29 is 4.74 Å². The minimum absolute atomic E-state index is 0.513. The predicted octanol–water partition coefficient (Wildman–Crippen LogP) is 3.64. The fourth-order valence-corrected chi connectivity index (χ4v) is 1.78. The van der Waals surface area contributed by atoms with E-state index in [1.807, 2.05) is 48.5 Å². The maximum atomic E-state index is 5.89.